The minimum Gasteiger partial charge on any atom is -0.461 e. The van der Waals surface area contributed by atoms with Gasteiger partial charge in [0.2, 0.25) is 6.86 Å². The second-order valence-electron chi connectivity index (χ2n) is 10.3. The molecule has 1 saturated heterocycles. The largest absolute Gasteiger partial charge is 0.461 e. The Kier molecular flexibility index (Phi) is 10.2. The number of carbonyl (C=O) groups excluding carboxylic acids is 1. The molecule has 0 spiro atoms. The van der Waals surface area contributed by atoms with Crippen LogP contribution in [0.2, 0.25) is 0 Å². The lowest BCUT2D eigenvalue weighted by atomic mass is 10.0. The first-order chi connectivity index (χ1) is 20.6. The number of nitrogens with one attached hydrogen (secondary N) is 1. The molecule has 9 heteroatoms. The molecule has 220 valence electrons. The summed E-state index contributed by atoms with van der Waals surface area (Å²) in [6.07, 6.45) is 3.14. The summed E-state index contributed by atoms with van der Waals surface area (Å²) in [6.45, 7) is 3.38. The predicted octanol–water partition coefficient (Wildman–Crippen LogP) is 5.90. The van der Waals surface area contributed by atoms with Gasteiger partial charge in [0.05, 0.1) is 5.69 Å². The van der Waals surface area contributed by atoms with E-state index in [4.69, 9.17) is 9.26 Å². The Hall–Kier alpha value is -4.24. The number of piperazine rings is 1. The Morgan fingerprint density at radius 1 is 0.929 bits per heavy atom. The fourth-order valence-corrected chi connectivity index (χ4v) is 5.35. The number of aryl methyl sites for hydroxylation is 2. The van der Waals surface area contributed by atoms with Crippen LogP contribution in [0.1, 0.15) is 34.5 Å². The van der Waals surface area contributed by atoms with E-state index in [0.29, 0.717) is 48.8 Å². The molecule has 0 atom stereocenters. The highest BCUT2D eigenvalue weighted by Gasteiger charge is 2.24. The van der Waals surface area contributed by atoms with E-state index >= 15 is 0 Å². The average molecular weight is 575 g/mol. The molecule has 0 saturated carbocycles. The van der Waals surface area contributed by atoms with Crippen LogP contribution in [0.15, 0.2) is 83.4 Å². The highest BCUT2D eigenvalue weighted by atomic mass is 19.1. The zero-order valence-corrected chi connectivity index (χ0v) is 23.6. The van der Waals surface area contributed by atoms with Crippen LogP contribution in [-0.4, -0.2) is 62.1 Å². The van der Waals surface area contributed by atoms with Crippen molar-refractivity contribution >= 4 is 11.6 Å². The lowest BCUT2D eigenvalue weighted by molar-refractivity contribution is 0.0950. The van der Waals surface area contributed by atoms with Crippen molar-refractivity contribution in [2.75, 3.05) is 51.0 Å². The van der Waals surface area contributed by atoms with E-state index in [1.165, 1.54) is 17.7 Å². The highest BCUT2D eigenvalue weighted by Crippen LogP contribution is 2.30. The molecule has 42 heavy (non-hydrogen) atoms. The summed E-state index contributed by atoms with van der Waals surface area (Å²) in [7, 11) is 0. The van der Waals surface area contributed by atoms with Gasteiger partial charge in [-0.1, -0.05) is 65.8 Å². The number of amides is 1. The maximum atomic E-state index is 13.6. The van der Waals surface area contributed by atoms with Crippen LogP contribution in [0.3, 0.4) is 0 Å². The molecule has 1 aromatic heterocycles. The Morgan fingerprint density at radius 2 is 1.67 bits per heavy atom. The SMILES string of the molecule is O=C(NCCCN1CCN(c2ccc(F)cc2OCF)CC1)c1c(-c2ccccc2)noc1CCCc1ccccc1. The topological polar surface area (TPSA) is 70.8 Å². The number of anilines is 1. The van der Waals surface area contributed by atoms with E-state index in [-0.39, 0.29) is 11.7 Å². The second-order valence-corrected chi connectivity index (χ2v) is 10.3. The van der Waals surface area contributed by atoms with Gasteiger partial charge in [-0.2, -0.15) is 0 Å². The highest BCUT2D eigenvalue weighted by molar-refractivity contribution is 6.00. The quantitative estimate of drug-likeness (QED) is 0.201. The summed E-state index contributed by atoms with van der Waals surface area (Å²) in [5.74, 6) is 0.197. The normalized spacial score (nSPS) is 13.7. The summed E-state index contributed by atoms with van der Waals surface area (Å²) in [5.41, 5.74) is 3.87. The van der Waals surface area contributed by atoms with E-state index in [2.05, 4.69) is 32.4 Å². The lowest BCUT2D eigenvalue weighted by Crippen LogP contribution is -2.47. The zero-order chi connectivity index (χ0) is 29.1. The Morgan fingerprint density at radius 3 is 2.40 bits per heavy atom. The summed E-state index contributed by atoms with van der Waals surface area (Å²) in [4.78, 5) is 17.8. The summed E-state index contributed by atoms with van der Waals surface area (Å²) in [6, 6.07) is 24.1. The minimum absolute atomic E-state index is 0.175. The van der Waals surface area contributed by atoms with Crippen molar-refractivity contribution in [3.8, 4) is 17.0 Å². The maximum absolute atomic E-state index is 13.6. The molecule has 0 unspecified atom stereocenters. The van der Waals surface area contributed by atoms with E-state index in [0.717, 1.165) is 44.5 Å². The van der Waals surface area contributed by atoms with Gasteiger partial charge in [-0.15, -0.1) is 0 Å². The molecule has 1 amide bonds. The van der Waals surface area contributed by atoms with Crippen LogP contribution in [0.5, 0.6) is 5.75 Å². The molecule has 0 radical (unpaired) electrons. The van der Waals surface area contributed by atoms with Crippen LogP contribution in [0.4, 0.5) is 14.5 Å². The van der Waals surface area contributed by atoms with Gasteiger partial charge in [-0.3, -0.25) is 9.69 Å². The van der Waals surface area contributed by atoms with Crippen LogP contribution < -0.4 is 15.0 Å². The molecular formula is C33H36F2N4O3. The molecule has 7 nitrogen and oxygen atoms in total. The third-order valence-corrected chi connectivity index (χ3v) is 7.53. The third kappa shape index (κ3) is 7.53. The molecule has 1 aliphatic heterocycles. The number of rotatable bonds is 13. The maximum Gasteiger partial charge on any atom is 0.257 e. The van der Waals surface area contributed by atoms with Crippen molar-refractivity contribution in [2.45, 2.75) is 25.7 Å². The number of hydrogen-bond acceptors (Lipinski definition) is 6. The standard InChI is InChI=1S/C33H36F2N4O3/c34-24-41-30-23-27(35)15-16-28(30)39-21-19-38(20-22-39)18-8-17-36-33(40)31-29(14-7-11-25-9-3-1-4-10-25)42-37-32(31)26-12-5-2-6-13-26/h1-6,9-10,12-13,15-16,23H,7-8,11,14,17-22,24H2,(H,36,40). The van der Waals surface area contributed by atoms with Crippen molar-refractivity contribution < 1.29 is 22.8 Å². The zero-order valence-electron chi connectivity index (χ0n) is 23.6. The van der Waals surface area contributed by atoms with Crippen molar-refractivity contribution in [3.05, 3.63) is 102 Å². The summed E-state index contributed by atoms with van der Waals surface area (Å²) < 4.78 is 37.1. The van der Waals surface area contributed by atoms with E-state index in [1.54, 1.807) is 6.07 Å². The summed E-state index contributed by atoms with van der Waals surface area (Å²) in [5, 5.41) is 7.37. The molecular weight excluding hydrogens is 538 g/mol. The van der Waals surface area contributed by atoms with Crippen LogP contribution in [0.25, 0.3) is 11.3 Å². The number of ether oxygens (including phenoxy) is 1. The number of benzene rings is 3. The van der Waals surface area contributed by atoms with Gasteiger partial charge in [-0.25, -0.2) is 8.78 Å². The monoisotopic (exact) mass is 574 g/mol. The van der Waals surface area contributed by atoms with Crippen LogP contribution in [0, 0.1) is 5.82 Å². The molecule has 3 aromatic carbocycles. The summed E-state index contributed by atoms with van der Waals surface area (Å²) >= 11 is 0. The third-order valence-electron chi connectivity index (χ3n) is 7.53. The number of hydrogen-bond donors (Lipinski definition) is 1. The van der Waals surface area contributed by atoms with Gasteiger partial charge in [0.15, 0.2) is 0 Å². The van der Waals surface area contributed by atoms with Gasteiger partial charge in [-0.05, 0) is 43.5 Å². The van der Waals surface area contributed by atoms with Gasteiger partial charge in [0, 0.05) is 50.8 Å². The molecule has 0 bridgehead atoms. The molecule has 4 aromatic rings. The van der Waals surface area contributed by atoms with Crippen LogP contribution >= 0.6 is 0 Å². The van der Waals surface area contributed by atoms with Gasteiger partial charge in [0.1, 0.15) is 28.6 Å². The second kappa shape index (κ2) is 14.6. The van der Waals surface area contributed by atoms with Gasteiger partial charge in [0.25, 0.3) is 5.91 Å². The number of nitrogens with zero attached hydrogens (tertiary/aromatic N) is 3. The van der Waals surface area contributed by atoms with Gasteiger partial charge >= 0.3 is 0 Å². The first-order valence-electron chi connectivity index (χ1n) is 14.4. The first-order valence-corrected chi connectivity index (χ1v) is 14.4. The fourth-order valence-electron chi connectivity index (χ4n) is 5.35. The number of alkyl halides is 1. The van der Waals surface area contributed by atoms with Crippen molar-refractivity contribution in [2.24, 2.45) is 0 Å². The Bertz CT molecular complexity index is 1420. The Labute approximate surface area is 245 Å². The van der Waals surface area contributed by atoms with Gasteiger partial charge < -0.3 is 19.5 Å². The van der Waals surface area contributed by atoms with Crippen LogP contribution in [-0.2, 0) is 12.8 Å². The Balaban J connectivity index is 1.13. The average Bonchev–Trinajstić information content (AvgIpc) is 3.45. The molecule has 2 heterocycles. The van der Waals surface area contributed by atoms with E-state index < -0.39 is 12.7 Å². The molecule has 5 rings (SSSR count). The molecule has 1 N–H and O–H groups in total. The lowest BCUT2D eigenvalue weighted by Gasteiger charge is -2.36. The number of halogens is 2. The number of aromatic nitrogens is 1. The molecule has 1 aliphatic rings. The minimum atomic E-state index is -1.00. The number of carbonyl (C=O) groups is 1. The van der Waals surface area contributed by atoms with Crippen molar-refractivity contribution in [1.82, 2.24) is 15.4 Å². The van der Waals surface area contributed by atoms with E-state index in [9.17, 15) is 13.6 Å². The fraction of sp³-hybridized carbons (Fsp3) is 0.333. The van der Waals surface area contributed by atoms with Crippen molar-refractivity contribution in [1.29, 1.82) is 0 Å². The first kappa shape index (κ1) is 29.3. The molecule has 0 aliphatic carbocycles. The van der Waals surface area contributed by atoms with Crippen molar-refractivity contribution in [3.63, 3.8) is 0 Å². The predicted molar refractivity (Wildman–Crippen MR) is 159 cm³/mol. The molecule has 1 fully saturated rings. The van der Waals surface area contributed by atoms with E-state index in [1.807, 2.05) is 48.5 Å². The smallest absolute Gasteiger partial charge is 0.257 e.